The number of sulfonamides is 1. The molecular formula is C30H35F7N4O7S. The van der Waals surface area contributed by atoms with Crippen molar-refractivity contribution in [3.8, 4) is 0 Å². The maximum atomic E-state index is 13.8. The van der Waals surface area contributed by atoms with Gasteiger partial charge in [0.15, 0.2) is 0 Å². The molecule has 3 rings (SSSR count). The lowest BCUT2D eigenvalue weighted by Crippen LogP contribution is -2.54. The van der Waals surface area contributed by atoms with Crippen molar-refractivity contribution in [2.45, 2.75) is 100 Å². The third-order valence-corrected chi connectivity index (χ3v) is 9.09. The number of aliphatic hydroxyl groups is 1. The number of anilines is 1. The monoisotopic (exact) mass is 728 g/mol. The van der Waals surface area contributed by atoms with E-state index in [2.05, 4.69) is 16.2 Å². The number of carbonyl (C=O) groups excluding carboxylic acids is 3. The number of rotatable bonds is 8. The molecule has 0 aliphatic carbocycles. The first-order valence-electron chi connectivity index (χ1n) is 14.6. The largest absolute Gasteiger partial charge is 0.444 e. The van der Waals surface area contributed by atoms with Crippen LogP contribution >= 0.6 is 0 Å². The van der Waals surface area contributed by atoms with Gasteiger partial charge in [-0.25, -0.2) is 17.6 Å². The fourth-order valence-corrected chi connectivity index (χ4v) is 6.77. The molecule has 0 bridgehead atoms. The second kappa shape index (κ2) is 13.6. The van der Waals surface area contributed by atoms with E-state index in [1.807, 2.05) is 0 Å². The maximum absolute atomic E-state index is 13.8. The molecule has 0 saturated carbocycles. The van der Waals surface area contributed by atoms with Gasteiger partial charge in [-0.05, 0) is 83.4 Å². The van der Waals surface area contributed by atoms with Gasteiger partial charge in [-0.15, -0.1) is 0 Å². The van der Waals surface area contributed by atoms with Crippen molar-refractivity contribution in [1.29, 1.82) is 0 Å². The highest BCUT2D eigenvalue weighted by Gasteiger charge is 2.71. The molecule has 49 heavy (non-hydrogen) atoms. The summed E-state index contributed by atoms with van der Waals surface area (Å²) < 4.78 is 128. The molecule has 19 heteroatoms. The number of benzene rings is 2. The lowest BCUT2D eigenvalue weighted by Gasteiger charge is -2.39. The van der Waals surface area contributed by atoms with Crippen LogP contribution in [0.25, 0.3) is 0 Å². The molecule has 2 aromatic rings. The Morgan fingerprint density at radius 3 is 1.98 bits per heavy atom. The lowest BCUT2D eigenvalue weighted by atomic mass is 9.87. The fraction of sp³-hybridized carbons (Fsp3) is 0.500. The molecule has 11 nitrogen and oxygen atoms in total. The number of halogens is 7. The molecule has 4 N–H and O–H groups in total. The van der Waals surface area contributed by atoms with Crippen LogP contribution in [0.2, 0.25) is 0 Å². The summed E-state index contributed by atoms with van der Waals surface area (Å²) in [7, 11) is -4.73. The van der Waals surface area contributed by atoms with E-state index in [0.29, 0.717) is 16.4 Å². The van der Waals surface area contributed by atoms with E-state index in [9.17, 15) is 58.6 Å². The number of fused-ring (bicyclic) bond motifs is 1. The Labute approximate surface area is 277 Å². The van der Waals surface area contributed by atoms with Crippen LogP contribution in [0, 0.1) is 5.82 Å². The number of hydrogen-bond acceptors (Lipinski definition) is 7. The van der Waals surface area contributed by atoms with E-state index < -0.39 is 85.8 Å². The fourth-order valence-electron chi connectivity index (χ4n) is 5.05. The number of hydrogen-bond donors (Lipinski definition) is 4. The number of nitrogens with zero attached hydrogens (tertiary/aromatic N) is 1. The van der Waals surface area contributed by atoms with Crippen molar-refractivity contribution in [1.82, 2.24) is 16.2 Å². The zero-order valence-corrected chi connectivity index (χ0v) is 27.7. The van der Waals surface area contributed by atoms with E-state index >= 15 is 0 Å². The number of aryl methyl sites for hydroxylation is 1. The molecule has 0 aromatic heterocycles. The molecule has 2 aromatic carbocycles. The summed E-state index contributed by atoms with van der Waals surface area (Å²) >= 11 is 0. The maximum Gasteiger partial charge on any atom is 0.430 e. The van der Waals surface area contributed by atoms with Gasteiger partial charge in [-0.1, -0.05) is 12.1 Å². The number of nitrogens with one attached hydrogen (secondary N) is 3. The van der Waals surface area contributed by atoms with Crippen LogP contribution in [0.1, 0.15) is 65.0 Å². The smallest absolute Gasteiger partial charge is 0.430 e. The number of alkyl halides is 6. The molecule has 3 amide bonds. The minimum Gasteiger partial charge on any atom is -0.444 e. The Morgan fingerprint density at radius 2 is 1.45 bits per heavy atom. The molecule has 0 fully saturated rings. The Kier molecular flexibility index (Phi) is 10.9. The second-order valence-corrected chi connectivity index (χ2v) is 14.8. The Bertz CT molecular complexity index is 1660. The second-order valence-electron chi connectivity index (χ2n) is 13.0. The van der Waals surface area contributed by atoms with Gasteiger partial charge in [0.25, 0.3) is 15.6 Å². The summed E-state index contributed by atoms with van der Waals surface area (Å²) in [5.41, 5.74) is -5.30. The Balaban J connectivity index is 1.89. The summed E-state index contributed by atoms with van der Waals surface area (Å²) in [5, 5.41) is 12.4. The number of carbonyl (C=O) groups is 3. The molecule has 1 aliphatic heterocycles. The van der Waals surface area contributed by atoms with Crippen molar-refractivity contribution in [3.05, 3.63) is 59.4 Å². The first kappa shape index (κ1) is 39.3. The molecule has 1 atom stereocenters. The van der Waals surface area contributed by atoms with Crippen molar-refractivity contribution >= 4 is 33.6 Å². The predicted octanol–water partition coefficient (Wildman–Crippen LogP) is 4.88. The molecule has 1 unspecified atom stereocenters. The first-order valence-corrected chi connectivity index (χ1v) is 16.0. The molecular weight excluding hydrogens is 693 g/mol. The van der Waals surface area contributed by atoms with Crippen LogP contribution in [0.5, 0.6) is 0 Å². The van der Waals surface area contributed by atoms with Crippen molar-refractivity contribution < 1.29 is 63.4 Å². The standard InChI is InChI=1S/C30H35F7N4O7S/c1-26(2,3)48-25(44)38-27(4,5)16-24(43)40-39-23(42)15-20-10-6-17-14-18(28(45,29(32,33)34)30(35,36)37)7-13-22(17)41(20)49(46,47)21-11-8-19(31)9-12-21/h7-9,11-14,20,45H,6,10,15-16H2,1-5H3,(H,38,44)(H,39,42)(H,40,43). The third kappa shape index (κ3) is 9.11. The van der Waals surface area contributed by atoms with Gasteiger partial charge in [0, 0.05) is 17.5 Å². The van der Waals surface area contributed by atoms with Crippen LogP contribution in [0.4, 0.5) is 41.2 Å². The van der Waals surface area contributed by atoms with E-state index in [1.165, 1.54) is 13.8 Å². The van der Waals surface area contributed by atoms with E-state index in [-0.39, 0.29) is 36.6 Å². The number of ether oxygens (including phenoxy) is 1. The van der Waals surface area contributed by atoms with E-state index in [0.717, 1.165) is 24.3 Å². The van der Waals surface area contributed by atoms with Crippen molar-refractivity contribution in [2.75, 3.05) is 4.31 Å². The van der Waals surface area contributed by atoms with Crippen LogP contribution in [0.15, 0.2) is 47.4 Å². The molecule has 1 heterocycles. The van der Waals surface area contributed by atoms with Gasteiger partial charge in [-0.2, -0.15) is 26.3 Å². The number of amides is 3. The molecule has 0 saturated heterocycles. The van der Waals surface area contributed by atoms with Crippen LogP contribution in [0.3, 0.4) is 0 Å². The molecule has 0 spiro atoms. The normalized spacial score (nSPS) is 16.0. The van der Waals surface area contributed by atoms with E-state index in [1.54, 1.807) is 20.8 Å². The highest BCUT2D eigenvalue weighted by Crippen LogP contribution is 2.51. The Morgan fingerprint density at radius 1 is 0.898 bits per heavy atom. The third-order valence-electron chi connectivity index (χ3n) is 7.21. The predicted molar refractivity (Wildman–Crippen MR) is 160 cm³/mol. The number of hydrazine groups is 1. The lowest BCUT2D eigenvalue weighted by molar-refractivity contribution is -0.376. The summed E-state index contributed by atoms with van der Waals surface area (Å²) in [5.74, 6) is -2.51. The van der Waals surface area contributed by atoms with Gasteiger partial charge in [0.05, 0.1) is 23.0 Å². The Hall–Kier alpha value is -4.13. The summed E-state index contributed by atoms with van der Waals surface area (Å²) in [4.78, 5) is 37.0. The summed E-state index contributed by atoms with van der Waals surface area (Å²) in [6, 6.07) is 3.41. The topological polar surface area (TPSA) is 154 Å². The molecule has 1 aliphatic rings. The summed E-state index contributed by atoms with van der Waals surface area (Å²) in [6.07, 6.45) is -14.8. The van der Waals surface area contributed by atoms with E-state index in [4.69, 9.17) is 4.74 Å². The van der Waals surface area contributed by atoms with Crippen LogP contribution < -0.4 is 20.5 Å². The number of alkyl carbamates (subject to hydrolysis) is 1. The van der Waals surface area contributed by atoms with Gasteiger partial charge < -0.3 is 15.2 Å². The van der Waals surface area contributed by atoms with Crippen LogP contribution in [-0.2, 0) is 36.4 Å². The van der Waals surface area contributed by atoms with Gasteiger partial charge in [0.2, 0.25) is 11.8 Å². The first-order chi connectivity index (χ1) is 22.2. The minimum absolute atomic E-state index is 0.280. The SMILES string of the molecule is CC(C)(CC(=O)NNC(=O)CC1CCc2cc(C(O)(C(F)(F)F)C(F)(F)F)ccc2N1S(=O)(=O)c1ccc(F)cc1)NC(=O)OC(C)(C)C. The zero-order chi connectivity index (χ0) is 37.4. The van der Waals surface area contributed by atoms with Gasteiger partial charge >= 0.3 is 18.4 Å². The molecule has 0 radical (unpaired) electrons. The van der Waals surface area contributed by atoms with Crippen molar-refractivity contribution in [3.63, 3.8) is 0 Å². The average Bonchev–Trinajstić information content (AvgIpc) is 2.92. The zero-order valence-electron chi connectivity index (χ0n) is 26.8. The van der Waals surface area contributed by atoms with Gasteiger partial charge in [0.1, 0.15) is 11.4 Å². The van der Waals surface area contributed by atoms with Crippen molar-refractivity contribution in [2.24, 2.45) is 0 Å². The minimum atomic E-state index is -6.19. The molecule has 272 valence electrons. The summed E-state index contributed by atoms with van der Waals surface area (Å²) in [6.45, 7) is 7.92. The van der Waals surface area contributed by atoms with Crippen LogP contribution in [-0.4, -0.2) is 61.0 Å². The average molecular weight is 729 g/mol. The van der Waals surface area contributed by atoms with Gasteiger partial charge in [-0.3, -0.25) is 24.7 Å². The highest BCUT2D eigenvalue weighted by atomic mass is 32.2. The highest BCUT2D eigenvalue weighted by molar-refractivity contribution is 7.92. The quantitative estimate of drug-likeness (QED) is 0.223.